The second-order valence-corrected chi connectivity index (χ2v) is 8.95. The van der Waals surface area contributed by atoms with E-state index in [4.69, 9.17) is 0 Å². The van der Waals surface area contributed by atoms with Crippen molar-refractivity contribution in [2.45, 2.75) is 39.0 Å². The molecule has 0 aliphatic carbocycles. The van der Waals surface area contributed by atoms with Gasteiger partial charge in [-0.3, -0.25) is 9.52 Å². The summed E-state index contributed by atoms with van der Waals surface area (Å²) in [7, 11) is -3.85. The second kappa shape index (κ2) is 8.71. The molecule has 156 valence electrons. The molecule has 1 amide bonds. The van der Waals surface area contributed by atoms with Gasteiger partial charge in [0.15, 0.2) is 0 Å². The number of benzene rings is 3. The Balaban J connectivity index is 1.92. The molecule has 2 N–H and O–H groups in total. The molecule has 30 heavy (non-hydrogen) atoms. The van der Waals surface area contributed by atoms with Crippen LogP contribution in [0.4, 0.5) is 11.4 Å². The van der Waals surface area contributed by atoms with Crippen LogP contribution < -0.4 is 10.0 Å². The highest BCUT2D eigenvalue weighted by Gasteiger charge is 2.20. The van der Waals surface area contributed by atoms with E-state index in [1.54, 1.807) is 25.1 Å². The van der Waals surface area contributed by atoms with Gasteiger partial charge in [-0.2, -0.15) is 0 Å². The Morgan fingerprint density at radius 1 is 0.867 bits per heavy atom. The molecule has 0 aromatic heterocycles. The molecule has 0 bridgehead atoms. The predicted molar refractivity (Wildman–Crippen MR) is 122 cm³/mol. The minimum absolute atomic E-state index is 0.0832. The number of hydrogen-bond acceptors (Lipinski definition) is 3. The smallest absolute Gasteiger partial charge is 0.262 e. The van der Waals surface area contributed by atoms with E-state index in [1.807, 2.05) is 57.2 Å². The van der Waals surface area contributed by atoms with Crippen molar-refractivity contribution >= 4 is 27.3 Å². The Morgan fingerprint density at radius 2 is 1.57 bits per heavy atom. The molecule has 3 rings (SSSR count). The standard InChI is InChI=1S/C24H26N2O3S/c1-5-19-10-6-7-11-22(19)25-24(27)20-14-13-17(3)23(15-20)30(28,29)26-21-12-8-9-16(2)18(21)4/h6-15,26H,5H2,1-4H3,(H,25,27). The van der Waals surface area contributed by atoms with E-state index < -0.39 is 10.0 Å². The van der Waals surface area contributed by atoms with E-state index in [1.165, 1.54) is 6.07 Å². The summed E-state index contributed by atoms with van der Waals surface area (Å²) in [6, 6.07) is 17.7. The summed E-state index contributed by atoms with van der Waals surface area (Å²) >= 11 is 0. The van der Waals surface area contributed by atoms with Gasteiger partial charge in [-0.15, -0.1) is 0 Å². The third-order valence-corrected chi connectivity index (χ3v) is 6.74. The molecule has 0 heterocycles. The molecule has 0 aliphatic rings. The number of anilines is 2. The van der Waals surface area contributed by atoms with Gasteiger partial charge < -0.3 is 5.32 Å². The van der Waals surface area contributed by atoms with Crippen molar-refractivity contribution in [1.82, 2.24) is 0 Å². The van der Waals surface area contributed by atoms with Crippen LogP contribution in [0.25, 0.3) is 0 Å². The number of carbonyl (C=O) groups is 1. The van der Waals surface area contributed by atoms with Gasteiger partial charge in [0.1, 0.15) is 0 Å². The SMILES string of the molecule is CCc1ccccc1NC(=O)c1ccc(C)c(S(=O)(=O)Nc2cccc(C)c2C)c1. The maximum atomic E-state index is 13.1. The van der Waals surface area contributed by atoms with Crippen LogP contribution in [0.1, 0.15) is 39.5 Å². The zero-order valence-electron chi connectivity index (χ0n) is 17.6. The summed E-state index contributed by atoms with van der Waals surface area (Å²) < 4.78 is 28.8. The van der Waals surface area contributed by atoms with Crippen molar-refractivity contribution in [3.05, 3.63) is 88.5 Å². The maximum absolute atomic E-state index is 13.1. The van der Waals surface area contributed by atoms with Crippen LogP contribution in [0.2, 0.25) is 0 Å². The van der Waals surface area contributed by atoms with E-state index in [2.05, 4.69) is 10.0 Å². The van der Waals surface area contributed by atoms with Crippen LogP contribution in [0.3, 0.4) is 0 Å². The van der Waals surface area contributed by atoms with Crippen LogP contribution in [0, 0.1) is 20.8 Å². The van der Waals surface area contributed by atoms with E-state index >= 15 is 0 Å². The van der Waals surface area contributed by atoms with Gasteiger partial charge in [0, 0.05) is 11.3 Å². The lowest BCUT2D eigenvalue weighted by Gasteiger charge is -2.15. The fourth-order valence-corrected chi connectivity index (χ4v) is 4.63. The van der Waals surface area contributed by atoms with Crippen molar-refractivity contribution in [3.8, 4) is 0 Å². The lowest BCUT2D eigenvalue weighted by molar-refractivity contribution is 0.102. The highest BCUT2D eigenvalue weighted by Crippen LogP contribution is 2.25. The molecule has 5 nitrogen and oxygen atoms in total. The molecule has 0 atom stereocenters. The number of aryl methyl sites for hydroxylation is 3. The van der Waals surface area contributed by atoms with Crippen molar-refractivity contribution in [2.75, 3.05) is 10.0 Å². The van der Waals surface area contributed by atoms with Crippen LogP contribution in [-0.4, -0.2) is 14.3 Å². The molecule has 0 saturated carbocycles. The summed E-state index contributed by atoms with van der Waals surface area (Å²) in [6.45, 7) is 7.53. The van der Waals surface area contributed by atoms with E-state index in [0.717, 1.165) is 28.8 Å². The molecular formula is C24H26N2O3S. The third kappa shape index (κ3) is 4.54. The fraction of sp³-hybridized carbons (Fsp3) is 0.208. The first-order valence-electron chi connectivity index (χ1n) is 9.82. The van der Waals surface area contributed by atoms with Crippen molar-refractivity contribution in [3.63, 3.8) is 0 Å². The monoisotopic (exact) mass is 422 g/mol. The lowest BCUT2D eigenvalue weighted by Crippen LogP contribution is -2.18. The number of rotatable bonds is 6. The van der Waals surface area contributed by atoms with Crippen molar-refractivity contribution in [2.24, 2.45) is 0 Å². The van der Waals surface area contributed by atoms with Crippen LogP contribution >= 0.6 is 0 Å². The summed E-state index contributed by atoms with van der Waals surface area (Å²) in [5.74, 6) is -0.348. The van der Waals surface area contributed by atoms with Crippen molar-refractivity contribution in [1.29, 1.82) is 0 Å². The highest BCUT2D eigenvalue weighted by atomic mass is 32.2. The molecule has 0 radical (unpaired) electrons. The summed E-state index contributed by atoms with van der Waals surface area (Å²) in [5.41, 5.74) is 4.98. The molecule has 0 fully saturated rings. The number of carbonyl (C=O) groups excluding carboxylic acids is 1. The minimum atomic E-state index is -3.85. The van der Waals surface area contributed by atoms with Crippen LogP contribution in [0.5, 0.6) is 0 Å². The van der Waals surface area contributed by atoms with Crippen molar-refractivity contribution < 1.29 is 13.2 Å². The maximum Gasteiger partial charge on any atom is 0.262 e. The molecule has 3 aromatic rings. The molecule has 0 saturated heterocycles. The summed E-state index contributed by atoms with van der Waals surface area (Å²) in [5, 5.41) is 2.89. The predicted octanol–water partition coefficient (Wildman–Crippen LogP) is 5.23. The largest absolute Gasteiger partial charge is 0.322 e. The van der Waals surface area contributed by atoms with Gasteiger partial charge >= 0.3 is 0 Å². The molecule has 6 heteroatoms. The molecule has 0 unspecified atom stereocenters. The zero-order valence-corrected chi connectivity index (χ0v) is 18.4. The topological polar surface area (TPSA) is 75.3 Å². The summed E-state index contributed by atoms with van der Waals surface area (Å²) in [6.07, 6.45) is 0.781. The summed E-state index contributed by atoms with van der Waals surface area (Å²) in [4.78, 5) is 12.9. The lowest BCUT2D eigenvalue weighted by atomic mass is 10.1. The Hall–Kier alpha value is -3.12. The number of nitrogens with one attached hydrogen (secondary N) is 2. The van der Waals surface area contributed by atoms with Crippen LogP contribution in [-0.2, 0) is 16.4 Å². The first-order valence-corrected chi connectivity index (χ1v) is 11.3. The zero-order chi connectivity index (χ0) is 21.9. The van der Waals surface area contributed by atoms with E-state index in [9.17, 15) is 13.2 Å². The van der Waals surface area contributed by atoms with Crippen LogP contribution in [0.15, 0.2) is 65.6 Å². The molecular weight excluding hydrogens is 396 g/mol. The first kappa shape index (κ1) is 21.6. The minimum Gasteiger partial charge on any atom is -0.322 e. The number of para-hydroxylation sites is 1. The Bertz CT molecular complexity index is 1200. The molecule has 0 aliphatic heterocycles. The van der Waals surface area contributed by atoms with Gasteiger partial charge in [-0.05, 0) is 73.7 Å². The number of amides is 1. The molecule has 0 spiro atoms. The Morgan fingerprint density at radius 3 is 2.30 bits per heavy atom. The second-order valence-electron chi connectivity index (χ2n) is 7.30. The Labute approximate surface area is 178 Å². The van der Waals surface area contributed by atoms with E-state index in [0.29, 0.717) is 11.3 Å². The van der Waals surface area contributed by atoms with Gasteiger partial charge in [0.2, 0.25) is 0 Å². The van der Waals surface area contributed by atoms with E-state index in [-0.39, 0.29) is 16.4 Å². The first-order chi connectivity index (χ1) is 14.2. The van der Waals surface area contributed by atoms with Gasteiger partial charge in [-0.25, -0.2) is 8.42 Å². The molecule has 3 aromatic carbocycles. The highest BCUT2D eigenvalue weighted by molar-refractivity contribution is 7.92. The van der Waals surface area contributed by atoms with Gasteiger partial charge in [0.25, 0.3) is 15.9 Å². The average molecular weight is 423 g/mol. The Kier molecular flexibility index (Phi) is 6.27. The quantitative estimate of drug-likeness (QED) is 0.571. The number of sulfonamides is 1. The number of hydrogen-bond donors (Lipinski definition) is 2. The normalized spacial score (nSPS) is 11.2. The van der Waals surface area contributed by atoms with Gasteiger partial charge in [-0.1, -0.05) is 43.3 Å². The fourth-order valence-electron chi connectivity index (χ4n) is 3.24. The van der Waals surface area contributed by atoms with Gasteiger partial charge in [0.05, 0.1) is 10.6 Å². The average Bonchev–Trinajstić information content (AvgIpc) is 2.72. The third-order valence-electron chi connectivity index (χ3n) is 5.24.